The summed E-state index contributed by atoms with van der Waals surface area (Å²) in [6, 6.07) is 14.3. The average molecular weight is 413 g/mol. The van der Waals surface area contributed by atoms with Crippen molar-refractivity contribution in [3.8, 4) is 0 Å². The molecule has 0 aliphatic heterocycles. The van der Waals surface area contributed by atoms with E-state index in [9.17, 15) is 14.4 Å². The number of anilines is 1. The van der Waals surface area contributed by atoms with Gasteiger partial charge in [0.1, 0.15) is 0 Å². The Bertz CT molecular complexity index is 881. The Kier molecular flexibility index (Phi) is 8.48. The number of amides is 2. The Morgan fingerprint density at radius 3 is 2.52 bits per heavy atom. The van der Waals surface area contributed by atoms with Crippen LogP contribution >= 0.6 is 11.8 Å². The molecule has 29 heavy (non-hydrogen) atoms. The highest BCUT2D eigenvalue weighted by molar-refractivity contribution is 8.00. The molecule has 7 heteroatoms. The number of hydrogen-bond acceptors (Lipinski definition) is 5. The molecule has 0 aromatic heterocycles. The normalized spacial score (nSPS) is 11.2. The molecule has 0 bridgehead atoms. The number of benzene rings is 2. The van der Waals surface area contributed by atoms with Crippen LogP contribution in [0.1, 0.15) is 22.8 Å². The molecule has 0 aliphatic carbocycles. The van der Waals surface area contributed by atoms with Crippen molar-refractivity contribution in [2.75, 3.05) is 17.6 Å². The van der Waals surface area contributed by atoms with Crippen LogP contribution in [0.5, 0.6) is 0 Å². The molecule has 6 nitrogen and oxygen atoms in total. The fourth-order valence-corrected chi connectivity index (χ4v) is 3.17. The summed E-state index contributed by atoms with van der Waals surface area (Å²) >= 11 is 1.23. The number of carbonyl (C=O) groups excluding carboxylic acids is 3. The topological polar surface area (TPSA) is 84.5 Å². The van der Waals surface area contributed by atoms with Gasteiger partial charge in [-0.1, -0.05) is 35.9 Å². The van der Waals surface area contributed by atoms with Crippen LogP contribution in [0.15, 0.2) is 66.1 Å². The maximum Gasteiger partial charge on any atom is 0.340 e. The first kappa shape index (κ1) is 22.2. The van der Waals surface area contributed by atoms with Gasteiger partial charge in [0, 0.05) is 17.1 Å². The Hall–Kier alpha value is -3.06. The summed E-state index contributed by atoms with van der Waals surface area (Å²) in [7, 11) is 0. The molecular weight excluding hydrogens is 388 g/mol. The standard InChI is InChI=1S/C22H24N2O4S/c1-4-13-23-21(26)16(3)28-22(27)18-7-5-6-8-19(18)29-14-20(25)24-17-11-9-15(2)10-12-17/h4-12,16H,1,13-14H2,2-3H3,(H,23,26)(H,24,25)/t16-/m1/s1. The molecule has 2 aromatic rings. The number of thioether (sulfide) groups is 1. The van der Waals surface area contributed by atoms with Crippen LogP contribution in [0.25, 0.3) is 0 Å². The summed E-state index contributed by atoms with van der Waals surface area (Å²) in [6.45, 7) is 7.29. The van der Waals surface area contributed by atoms with E-state index in [4.69, 9.17) is 4.74 Å². The van der Waals surface area contributed by atoms with Crippen LogP contribution in [0.3, 0.4) is 0 Å². The first-order valence-electron chi connectivity index (χ1n) is 9.08. The summed E-state index contributed by atoms with van der Waals surface area (Å²) in [6.07, 6.45) is 0.602. The summed E-state index contributed by atoms with van der Waals surface area (Å²) in [5.74, 6) is -1.07. The minimum Gasteiger partial charge on any atom is -0.449 e. The van der Waals surface area contributed by atoms with Crippen molar-refractivity contribution < 1.29 is 19.1 Å². The highest BCUT2D eigenvalue weighted by Crippen LogP contribution is 2.24. The van der Waals surface area contributed by atoms with Crippen molar-refractivity contribution in [2.45, 2.75) is 24.8 Å². The van der Waals surface area contributed by atoms with Crippen LogP contribution in [0, 0.1) is 6.92 Å². The minimum atomic E-state index is -0.939. The summed E-state index contributed by atoms with van der Waals surface area (Å²) in [5, 5.41) is 5.40. The Morgan fingerprint density at radius 2 is 1.83 bits per heavy atom. The second kappa shape index (κ2) is 11.1. The van der Waals surface area contributed by atoms with Crippen molar-refractivity contribution >= 4 is 35.2 Å². The molecule has 0 radical (unpaired) electrons. The lowest BCUT2D eigenvalue weighted by Crippen LogP contribution is -2.35. The van der Waals surface area contributed by atoms with Gasteiger partial charge in [0.05, 0.1) is 11.3 Å². The Morgan fingerprint density at radius 1 is 1.14 bits per heavy atom. The van der Waals surface area contributed by atoms with E-state index in [1.807, 2.05) is 31.2 Å². The van der Waals surface area contributed by atoms with Crippen molar-refractivity contribution in [1.29, 1.82) is 0 Å². The lowest BCUT2D eigenvalue weighted by atomic mass is 10.2. The van der Waals surface area contributed by atoms with Crippen LogP contribution in [0.4, 0.5) is 5.69 Å². The minimum absolute atomic E-state index is 0.132. The zero-order valence-corrected chi connectivity index (χ0v) is 17.3. The first-order valence-corrected chi connectivity index (χ1v) is 10.1. The fraction of sp³-hybridized carbons (Fsp3) is 0.227. The maximum atomic E-state index is 12.5. The van der Waals surface area contributed by atoms with E-state index >= 15 is 0 Å². The number of rotatable bonds is 9. The second-order valence-corrected chi connectivity index (χ2v) is 7.30. The Balaban J connectivity index is 1.96. The van der Waals surface area contributed by atoms with Crippen molar-refractivity contribution in [3.63, 3.8) is 0 Å². The summed E-state index contributed by atoms with van der Waals surface area (Å²) in [4.78, 5) is 37.2. The average Bonchev–Trinajstić information content (AvgIpc) is 2.72. The van der Waals surface area contributed by atoms with Gasteiger partial charge in [0.25, 0.3) is 5.91 Å². The van der Waals surface area contributed by atoms with Crippen LogP contribution in [-0.4, -0.2) is 36.2 Å². The molecule has 152 valence electrons. The second-order valence-electron chi connectivity index (χ2n) is 6.28. The molecule has 0 aliphatic rings. The number of ether oxygens (including phenoxy) is 1. The fourth-order valence-electron chi connectivity index (χ4n) is 2.33. The number of hydrogen-bond donors (Lipinski definition) is 2. The van der Waals surface area contributed by atoms with E-state index in [-0.39, 0.29) is 11.7 Å². The van der Waals surface area contributed by atoms with Gasteiger partial charge in [-0.05, 0) is 38.1 Å². The molecule has 2 N–H and O–H groups in total. The molecule has 1 atom stereocenters. The molecule has 2 aromatic carbocycles. The molecule has 0 fully saturated rings. The molecule has 0 heterocycles. The SMILES string of the molecule is C=CCNC(=O)[C@@H](C)OC(=O)c1ccccc1SCC(=O)Nc1ccc(C)cc1. The predicted octanol–water partition coefficient (Wildman–Crippen LogP) is 3.57. The smallest absolute Gasteiger partial charge is 0.340 e. The van der Waals surface area contributed by atoms with Gasteiger partial charge in [-0.2, -0.15) is 0 Å². The first-order chi connectivity index (χ1) is 13.9. The quantitative estimate of drug-likeness (QED) is 0.374. The van der Waals surface area contributed by atoms with Gasteiger partial charge < -0.3 is 15.4 Å². The highest BCUT2D eigenvalue weighted by Gasteiger charge is 2.20. The molecule has 0 unspecified atom stereocenters. The van der Waals surface area contributed by atoms with Gasteiger partial charge in [-0.15, -0.1) is 18.3 Å². The van der Waals surface area contributed by atoms with Gasteiger partial charge in [-0.25, -0.2) is 4.79 Å². The van der Waals surface area contributed by atoms with Crippen molar-refractivity contribution in [1.82, 2.24) is 5.32 Å². The maximum absolute atomic E-state index is 12.5. The number of carbonyl (C=O) groups is 3. The lowest BCUT2D eigenvalue weighted by molar-refractivity contribution is -0.128. The molecule has 0 saturated carbocycles. The van der Waals surface area contributed by atoms with Crippen LogP contribution in [0.2, 0.25) is 0 Å². The van der Waals surface area contributed by atoms with E-state index in [1.165, 1.54) is 18.7 Å². The zero-order valence-electron chi connectivity index (χ0n) is 16.4. The van der Waals surface area contributed by atoms with Crippen molar-refractivity contribution in [2.24, 2.45) is 0 Å². The third kappa shape index (κ3) is 7.12. The van der Waals surface area contributed by atoms with E-state index in [2.05, 4.69) is 17.2 Å². The molecular formula is C22H24N2O4S. The van der Waals surface area contributed by atoms with Crippen LogP contribution in [-0.2, 0) is 14.3 Å². The third-order valence-electron chi connectivity index (χ3n) is 3.87. The molecule has 0 spiro atoms. The van der Waals surface area contributed by atoms with Crippen LogP contribution < -0.4 is 10.6 Å². The summed E-state index contributed by atoms with van der Waals surface area (Å²) in [5.41, 5.74) is 2.13. The molecule has 2 amide bonds. The van der Waals surface area contributed by atoms with Gasteiger partial charge in [-0.3, -0.25) is 9.59 Å². The monoisotopic (exact) mass is 412 g/mol. The summed E-state index contributed by atoms with van der Waals surface area (Å²) < 4.78 is 5.25. The largest absolute Gasteiger partial charge is 0.449 e. The zero-order chi connectivity index (χ0) is 21.2. The van der Waals surface area contributed by atoms with E-state index < -0.39 is 18.0 Å². The Labute approximate surface area is 174 Å². The number of esters is 1. The molecule has 0 saturated heterocycles. The van der Waals surface area contributed by atoms with E-state index in [0.29, 0.717) is 22.7 Å². The predicted molar refractivity (Wildman–Crippen MR) is 115 cm³/mol. The van der Waals surface area contributed by atoms with E-state index in [0.717, 1.165) is 5.56 Å². The highest BCUT2D eigenvalue weighted by atomic mass is 32.2. The third-order valence-corrected chi connectivity index (χ3v) is 4.95. The van der Waals surface area contributed by atoms with Gasteiger partial charge >= 0.3 is 5.97 Å². The van der Waals surface area contributed by atoms with Gasteiger partial charge in [0.15, 0.2) is 6.10 Å². The molecule has 2 rings (SSSR count). The van der Waals surface area contributed by atoms with Crippen molar-refractivity contribution in [3.05, 3.63) is 72.3 Å². The lowest BCUT2D eigenvalue weighted by Gasteiger charge is -2.14. The van der Waals surface area contributed by atoms with Gasteiger partial charge in [0.2, 0.25) is 5.91 Å². The van der Waals surface area contributed by atoms with E-state index in [1.54, 1.807) is 30.3 Å². The number of aryl methyl sites for hydroxylation is 1. The number of nitrogens with one attached hydrogen (secondary N) is 2.